The summed E-state index contributed by atoms with van der Waals surface area (Å²) in [6.07, 6.45) is -0.521. The van der Waals surface area contributed by atoms with Gasteiger partial charge < -0.3 is 14.6 Å². The molecule has 1 unspecified atom stereocenters. The third kappa shape index (κ3) is 3.93. The number of hydrogen-bond donors (Lipinski definition) is 1. The summed E-state index contributed by atoms with van der Waals surface area (Å²) in [7, 11) is 1.47. The summed E-state index contributed by atoms with van der Waals surface area (Å²) in [5.41, 5.74) is 0. The second-order valence-corrected chi connectivity index (χ2v) is 1.49. The van der Waals surface area contributed by atoms with Crippen LogP contribution < -0.4 is 0 Å². The van der Waals surface area contributed by atoms with Crippen LogP contribution in [0.25, 0.3) is 0 Å². The highest BCUT2D eigenvalue weighted by Gasteiger charge is 2.04. The highest BCUT2D eigenvalue weighted by molar-refractivity contribution is 5.37. The predicted molar refractivity (Wildman–Crippen MR) is 29.9 cm³/mol. The molecule has 0 aliphatic carbocycles. The summed E-state index contributed by atoms with van der Waals surface area (Å²) in [6.45, 7) is 0.321. The summed E-state index contributed by atoms with van der Waals surface area (Å²) in [5.74, 6) is 0. The van der Waals surface area contributed by atoms with Crippen molar-refractivity contribution in [1.82, 2.24) is 0 Å². The molecule has 0 saturated heterocycles. The third-order valence-electron chi connectivity index (χ3n) is 0.804. The van der Waals surface area contributed by atoms with Crippen molar-refractivity contribution in [1.29, 1.82) is 0 Å². The lowest BCUT2D eigenvalue weighted by Gasteiger charge is -2.09. The Balaban J connectivity index is 3.28. The number of methoxy groups -OCH3 is 1. The minimum atomic E-state index is -0.521. The lowest BCUT2D eigenvalue weighted by Crippen LogP contribution is -2.22. The first kappa shape index (κ1) is 8.39. The molecule has 0 bridgehead atoms. The van der Waals surface area contributed by atoms with Crippen molar-refractivity contribution in [3.05, 3.63) is 0 Å². The Morgan fingerprint density at radius 1 is 1.78 bits per heavy atom. The molecule has 4 heteroatoms. The van der Waals surface area contributed by atoms with Crippen LogP contribution in [-0.4, -0.2) is 38.0 Å². The molecule has 9 heavy (non-hydrogen) atoms. The van der Waals surface area contributed by atoms with Gasteiger partial charge in [-0.05, 0) is 0 Å². The topological polar surface area (TPSA) is 55.8 Å². The van der Waals surface area contributed by atoms with Gasteiger partial charge in [-0.3, -0.25) is 4.79 Å². The van der Waals surface area contributed by atoms with Crippen molar-refractivity contribution in [3.8, 4) is 0 Å². The van der Waals surface area contributed by atoms with E-state index in [1.807, 2.05) is 0 Å². The maximum absolute atomic E-state index is 9.66. The zero-order chi connectivity index (χ0) is 7.11. The summed E-state index contributed by atoms with van der Waals surface area (Å²) in [5, 5.41) is 8.42. The molecule has 1 atom stereocenters. The Morgan fingerprint density at radius 3 is 2.78 bits per heavy atom. The van der Waals surface area contributed by atoms with Crippen LogP contribution in [0.3, 0.4) is 0 Å². The number of rotatable bonds is 5. The summed E-state index contributed by atoms with van der Waals surface area (Å²) in [4.78, 5) is 9.66. The molecule has 0 aliphatic rings. The van der Waals surface area contributed by atoms with Crippen LogP contribution in [0, 0.1) is 0 Å². The van der Waals surface area contributed by atoms with E-state index in [2.05, 4.69) is 9.47 Å². The van der Waals surface area contributed by atoms with Crippen molar-refractivity contribution in [2.24, 2.45) is 0 Å². The molecule has 0 amide bonds. The predicted octanol–water partition coefficient (Wildman–Crippen LogP) is -0.833. The smallest absolute Gasteiger partial charge is 0.293 e. The van der Waals surface area contributed by atoms with Gasteiger partial charge in [0.25, 0.3) is 6.47 Å². The van der Waals surface area contributed by atoms with E-state index in [-0.39, 0.29) is 13.2 Å². The average Bonchev–Trinajstić information content (AvgIpc) is 1.88. The van der Waals surface area contributed by atoms with E-state index in [4.69, 9.17) is 5.11 Å². The fraction of sp³-hybridized carbons (Fsp3) is 0.800. The number of aliphatic hydroxyl groups excluding tert-OH is 1. The molecule has 0 spiro atoms. The number of hydrogen-bond acceptors (Lipinski definition) is 4. The Bertz CT molecular complexity index is 73.4. The lowest BCUT2D eigenvalue weighted by molar-refractivity contribution is -0.138. The number of ether oxygens (including phenoxy) is 2. The molecule has 0 rings (SSSR count). The first-order chi connectivity index (χ1) is 4.35. The van der Waals surface area contributed by atoms with Crippen molar-refractivity contribution >= 4 is 6.47 Å². The molecule has 0 radical (unpaired) electrons. The first-order valence-electron chi connectivity index (χ1n) is 2.54. The van der Waals surface area contributed by atoms with E-state index in [1.165, 1.54) is 7.11 Å². The zero-order valence-electron chi connectivity index (χ0n) is 5.24. The Morgan fingerprint density at radius 2 is 2.44 bits per heavy atom. The van der Waals surface area contributed by atoms with E-state index < -0.39 is 6.10 Å². The molecular weight excluding hydrogens is 124 g/mol. The minimum absolute atomic E-state index is 0.202. The van der Waals surface area contributed by atoms with Crippen molar-refractivity contribution in [2.45, 2.75) is 6.10 Å². The maximum Gasteiger partial charge on any atom is 0.293 e. The Labute approximate surface area is 53.4 Å². The molecule has 0 fully saturated rings. The van der Waals surface area contributed by atoms with Gasteiger partial charge in [-0.25, -0.2) is 0 Å². The molecule has 0 saturated carbocycles. The van der Waals surface area contributed by atoms with Gasteiger partial charge in [-0.1, -0.05) is 0 Å². The van der Waals surface area contributed by atoms with Gasteiger partial charge in [0.1, 0.15) is 6.10 Å². The second-order valence-electron chi connectivity index (χ2n) is 1.49. The van der Waals surface area contributed by atoms with Gasteiger partial charge in [0, 0.05) is 7.11 Å². The van der Waals surface area contributed by atoms with Crippen LogP contribution in [0.15, 0.2) is 0 Å². The number of aliphatic hydroxyl groups is 1. The monoisotopic (exact) mass is 134 g/mol. The van der Waals surface area contributed by atoms with Crippen molar-refractivity contribution in [3.63, 3.8) is 0 Å². The van der Waals surface area contributed by atoms with Crippen LogP contribution in [0.5, 0.6) is 0 Å². The Hall–Kier alpha value is -0.610. The SMILES string of the molecule is COCC(CO)OC=O. The largest absolute Gasteiger partial charge is 0.460 e. The van der Waals surface area contributed by atoms with Crippen LogP contribution in [0.4, 0.5) is 0 Å². The van der Waals surface area contributed by atoms with Crippen LogP contribution in [-0.2, 0) is 14.3 Å². The van der Waals surface area contributed by atoms with Crippen LogP contribution in [0.2, 0.25) is 0 Å². The van der Waals surface area contributed by atoms with Gasteiger partial charge in [0.15, 0.2) is 0 Å². The lowest BCUT2D eigenvalue weighted by atomic mass is 10.4. The zero-order valence-corrected chi connectivity index (χ0v) is 5.24. The van der Waals surface area contributed by atoms with Crippen LogP contribution in [0.1, 0.15) is 0 Å². The molecule has 54 valence electrons. The first-order valence-corrected chi connectivity index (χ1v) is 2.54. The van der Waals surface area contributed by atoms with Gasteiger partial charge in [-0.2, -0.15) is 0 Å². The summed E-state index contributed by atoms with van der Waals surface area (Å²) < 4.78 is 8.98. The standard InChI is InChI=1S/C5H10O4/c1-8-3-5(2-6)9-4-7/h4-6H,2-3H2,1H3. The van der Waals surface area contributed by atoms with E-state index in [9.17, 15) is 4.79 Å². The van der Waals surface area contributed by atoms with E-state index in [0.717, 1.165) is 0 Å². The molecular formula is C5H10O4. The normalized spacial score (nSPS) is 12.7. The van der Waals surface area contributed by atoms with Gasteiger partial charge in [0.2, 0.25) is 0 Å². The molecule has 0 aliphatic heterocycles. The number of carbonyl (C=O) groups is 1. The molecule has 0 aromatic rings. The number of carbonyl (C=O) groups excluding carboxylic acids is 1. The molecule has 0 aromatic heterocycles. The quantitative estimate of drug-likeness (QED) is 0.498. The van der Waals surface area contributed by atoms with Gasteiger partial charge in [0.05, 0.1) is 13.2 Å². The third-order valence-corrected chi connectivity index (χ3v) is 0.804. The molecule has 0 aromatic carbocycles. The van der Waals surface area contributed by atoms with Gasteiger partial charge in [-0.15, -0.1) is 0 Å². The second kappa shape index (κ2) is 5.53. The average molecular weight is 134 g/mol. The summed E-state index contributed by atoms with van der Waals surface area (Å²) >= 11 is 0. The van der Waals surface area contributed by atoms with Crippen LogP contribution >= 0.6 is 0 Å². The van der Waals surface area contributed by atoms with E-state index >= 15 is 0 Å². The summed E-state index contributed by atoms with van der Waals surface area (Å²) in [6, 6.07) is 0. The van der Waals surface area contributed by atoms with Crippen molar-refractivity contribution in [2.75, 3.05) is 20.3 Å². The van der Waals surface area contributed by atoms with Gasteiger partial charge >= 0.3 is 0 Å². The highest BCUT2D eigenvalue weighted by atomic mass is 16.6. The fourth-order valence-corrected chi connectivity index (χ4v) is 0.399. The van der Waals surface area contributed by atoms with Crippen molar-refractivity contribution < 1.29 is 19.4 Å². The minimum Gasteiger partial charge on any atom is -0.460 e. The Kier molecular flexibility index (Phi) is 5.15. The maximum atomic E-state index is 9.66. The molecule has 1 N–H and O–H groups in total. The van der Waals surface area contributed by atoms with E-state index in [0.29, 0.717) is 6.47 Å². The highest BCUT2D eigenvalue weighted by Crippen LogP contribution is 1.87. The molecule has 4 nitrogen and oxygen atoms in total. The van der Waals surface area contributed by atoms with E-state index in [1.54, 1.807) is 0 Å². The fourth-order valence-electron chi connectivity index (χ4n) is 0.399. The molecule has 0 heterocycles.